The van der Waals surface area contributed by atoms with Gasteiger partial charge in [0.05, 0.1) is 5.69 Å². The van der Waals surface area contributed by atoms with Gasteiger partial charge < -0.3 is 19.7 Å². The number of carbonyl (C=O) groups excluding carboxylic acids is 2. The van der Waals surface area contributed by atoms with Gasteiger partial charge in [0.1, 0.15) is 0 Å². The van der Waals surface area contributed by atoms with E-state index < -0.39 is 0 Å². The predicted octanol–water partition coefficient (Wildman–Crippen LogP) is 3.18. The van der Waals surface area contributed by atoms with Crippen LogP contribution in [0.4, 0.5) is 10.5 Å². The van der Waals surface area contributed by atoms with E-state index in [2.05, 4.69) is 12.2 Å². The van der Waals surface area contributed by atoms with Crippen molar-refractivity contribution in [2.45, 2.75) is 45.6 Å². The Labute approximate surface area is 171 Å². The number of benzene rings is 1. The molecule has 0 atom stereocenters. The van der Waals surface area contributed by atoms with Crippen LogP contribution in [0.1, 0.15) is 39.5 Å². The van der Waals surface area contributed by atoms with Crippen molar-refractivity contribution in [3.8, 4) is 0 Å². The van der Waals surface area contributed by atoms with E-state index in [1.807, 2.05) is 28.0 Å². The molecule has 1 aromatic heterocycles. The number of hydrogen-bond acceptors (Lipinski definition) is 3. The number of nitrogens with zero attached hydrogens (tertiary/aromatic N) is 3. The summed E-state index contributed by atoms with van der Waals surface area (Å²) in [5.74, 6) is 0.0877. The van der Waals surface area contributed by atoms with Crippen LogP contribution in [0.5, 0.6) is 0 Å². The maximum atomic E-state index is 13.2. The van der Waals surface area contributed by atoms with Crippen molar-refractivity contribution in [3.63, 3.8) is 0 Å². The smallest absolute Gasteiger partial charge is 0.322 e. The molecular weight excluding hydrogens is 368 g/mol. The van der Waals surface area contributed by atoms with Gasteiger partial charge in [0, 0.05) is 56.6 Å². The average molecular weight is 399 g/mol. The van der Waals surface area contributed by atoms with Crippen LogP contribution in [0.15, 0.2) is 35.3 Å². The fraction of sp³-hybridized carbons (Fsp3) is 0.500. The maximum absolute atomic E-state index is 13.2. The van der Waals surface area contributed by atoms with Crippen LogP contribution in [-0.4, -0.2) is 52.0 Å². The van der Waals surface area contributed by atoms with Gasteiger partial charge >= 0.3 is 6.03 Å². The van der Waals surface area contributed by atoms with E-state index >= 15 is 0 Å². The van der Waals surface area contributed by atoms with Crippen molar-refractivity contribution in [2.75, 3.05) is 25.0 Å². The van der Waals surface area contributed by atoms with Gasteiger partial charge in [0.2, 0.25) is 5.91 Å². The number of unbranched alkanes of at least 4 members (excludes halogenated alkanes) is 1. The van der Waals surface area contributed by atoms with Gasteiger partial charge in [-0.25, -0.2) is 4.79 Å². The second-order valence-electron chi connectivity index (χ2n) is 7.72. The lowest BCUT2D eigenvalue weighted by atomic mass is 10.0. The van der Waals surface area contributed by atoms with Gasteiger partial charge in [0.15, 0.2) is 0 Å². The third-order valence-corrected chi connectivity index (χ3v) is 5.70. The Morgan fingerprint density at radius 1 is 1.17 bits per heavy atom. The Balaban J connectivity index is 1.82. The molecule has 1 aliphatic rings. The number of rotatable bonds is 5. The summed E-state index contributed by atoms with van der Waals surface area (Å²) in [5, 5.41) is 4.37. The average Bonchev–Trinajstić information content (AvgIpc) is 2.72. The van der Waals surface area contributed by atoms with E-state index in [0.29, 0.717) is 30.7 Å². The summed E-state index contributed by atoms with van der Waals surface area (Å²) in [4.78, 5) is 41.0. The zero-order valence-electron chi connectivity index (χ0n) is 17.5. The number of anilines is 1. The molecule has 0 aliphatic carbocycles. The molecule has 1 aromatic carbocycles. The van der Waals surface area contributed by atoms with Crippen LogP contribution in [0.3, 0.4) is 0 Å². The topological polar surface area (TPSA) is 74.7 Å². The first kappa shape index (κ1) is 20.9. The van der Waals surface area contributed by atoms with Crippen LogP contribution >= 0.6 is 0 Å². The number of aromatic nitrogens is 1. The largest absolute Gasteiger partial charge is 0.343 e. The molecular formula is C22H30N4O3. The van der Waals surface area contributed by atoms with Crippen LogP contribution in [0.2, 0.25) is 0 Å². The summed E-state index contributed by atoms with van der Waals surface area (Å²) in [6.07, 6.45) is 5.17. The van der Waals surface area contributed by atoms with Gasteiger partial charge in [-0.2, -0.15) is 0 Å². The third kappa shape index (κ3) is 4.60. The van der Waals surface area contributed by atoms with Gasteiger partial charge in [-0.15, -0.1) is 0 Å². The molecule has 29 heavy (non-hydrogen) atoms. The van der Waals surface area contributed by atoms with Gasteiger partial charge in [-0.05, 0) is 25.3 Å². The second kappa shape index (κ2) is 9.11. The number of likely N-dealkylation sites (tertiary alicyclic amines) is 1. The van der Waals surface area contributed by atoms with E-state index in [1.165, 1.54) is 4.57 Å². The van der Waals surface area contributed by atoms with Crippen LogP contribution < -0.4 is 10.9 Å². The Morgan fingerprint density at radius 3 is 2.45 bits per heavy atom. The van der Waals surface area contributed by atoms with E-state index in [-0.39, 0.29) is 23.5 Å². The number of carbonyl (C=O) groups is 2. The predicted molar refractivity (Wildman–Crippen MR) is 115 cm³/mol. The fourth-order valence-corrected chi connectivity index (χ4v) is 3.97. The lowest BCUT2D eigenvalue weighted by molar-refractivity contribution is -0.130. The van der Waals surface area contributed by atoms with Crippen molar-refractivity contribution < 1.29 is 9.59 Å². The molecule has 1 fully saturated rings. The highest BCUT2D eigenvalue weighted by atomic mass is 16.2. The van der Waals surface area contributed by atoms with Crippen LogP contribution in [0, 0.1) is 0 Å². The Hall–Kier alpha value is -2.83. The molecule has 0 unspecified atom stereocenters. The van der Waals surface area contributed by atoms with Gasteiger partial charge in [0.25, 0.3) is 5.56 Å². The molecule has 156 valence electrons. The first-order valence-corrected chi connectivity index (χ1v) is 10.3. The summed E-state index contributed by atoms with van der Waals surface area (Å²) < 4.78 is 1.50. The lowest BCUT2D eigenvalue weighted by Crippen LogP contribution is -2.50. The Bertz CT molecular complexity index is 945. The summed E-state index contributed by atoms with van der Waals surface area (Å²) >= 11 is 0. The van der Waals surface area contributed by atoms with Crippen molar-refractivity contribution in [1.29, 1.82) is 0 Å². The molecule has 3 amide bonds. The standard InChI is InChI=1S/C22H30N4O3/c1-4-5-12-26(17-10-13-25(14-11-17)16(2)27)22(29)23-20-15-24(3)21(28)19-9-7-6-8-18(19)20/h6-9,15,17H,4-5,10-14H2,1-3H3,(H,23,29). The number of hydrogen-bond donors (Lipinski definition) is 1. The number of piperidine rings is 1. The monoisotopic (exact) mass is 398 g/mol. The first-order valence-electron chi connectivity index (χ1n) is 10.3. The molecule has 1 N–H and O–H groups in total. The summed E-state index contributed by atoms with van der Waals surface area (Å²) in [6.45, 7) is 5.73. The zero-order valence-corrected chi connectivity index (χ0v) is 17.5. The minimum absolute atomic E-state index is 0.0851. The van der Waals surface area contributed by atoms with E-state index in [1.54, 1.807) is 26.2 Å². The molecule has 3 rings (SSSR count). The van der Waals surface area contributed by atoms with Crippen molar-refractivity contribution in [2.24, 2.45) is 7.05 Å². The molecule has 2 aromatic rings. The summed E-state index contributed by atoms with van der Waals surface area (Å²) in [5.41, 5.74) is 0.549. The van der Waals surface area contributed by atoms with Crippen LogP contribution in [0.25, 0.3) is 10.8 Å². The number of pyridine rings is 1. The first-order chi connectivity index (χ1) is 13.9. The molecule has 7 heteroatoms. The Kier molecular flexibility index (Phi) is 6.56. The highest BCUT2D eigenvalue weighted by Crippen LogP contribution is 2.23. The SMILES string of the molecule is CCCCN(C(=O)Nc1cn(C)c(=O)c2ccccc12)C1CCN(C(C)=O)CC1. The molecule has 1 aliphatic heterocycles. The van der Waals surface area contributed by atoms with Crippen molar-refractivity contribution in [1.82, 2.24) is 14.4 Å². The molecule has 0 spiro atoms. The van der Waals surface area contributed by atoms with Crippen molar-refractivity contribution in [3.05, 3.63) is 40.8 Å². The molecule has 1 saturated heterocycles. The number of fused-ring (bicyclic) bond motifs is 1. The van der Waals surface area contributed by atoms with E-state index in [4.69, 9.17) is 0 Å². The summed E-state index contributed by atoms with van der Waals surface area (Å²) in [6, 6.07) is 7.28. The van der Waals surface area contributed by atoms with E-state index in [9.17, 15) is 14.4 Å². The molecule has 7 nitrogen and oxygen atoms in total. The van der Waals surface area contributed by atoms with Crippen LogP contribution in [-0.2, 0) is 11.8 Å². The van der Waals surface area contributed by atoms with Gasteiger partial charge in [-0.3, -0.25) is 9.59 Å². The highest BCUT2D eigenvalue weighted by Gasteiger charge is 2.28. The molecule has 0 bridgehead atoms. The molecule has 0 radical (unpaired) electrons. The zero-order chi connectivity index (χ0) is 21.0. The lowest BCUT2D eigenvalue weighted by Gasteiger charge is -2.38. The third-order valence-electron chi connectivity index (χ3n) is 5.70. The normalized spacial score (nSPS) is 14.8. The second-order valence-corrected chi connectivity index (χ2v) is 7.72. The van der Waals surface area contributed by atoms with Crippen molar-refractivity contribution >= 4 is 28.4 Å². The Morgan fingerprint density at radius 2 is 1.83 bits per heavy atom. The highest BCUT2D eigenvalue weighted by molar-refractivity contribution is 6.01. The number of amides is 3. The number of urea groups is 1. The van der Waals surface area contributed by atoms with E-state index in [0.717, 1.165) is 31.1 Å². The quantitative estimate of drug-likeness (QED) is 0.841. The maximum Gasteiger partial charge on any atom is 0.322 e. The molecule has 0 saturated carbocycles. The summed E-state index contributed by atoms with van der Waals surface area (Å²) in [7, 11) is 1.69. The number of nitrogens with one attached hydrogen (secondary N) is 1. The number of aryl methyl sites for hydroxylation is 1. The molecule has 2 heterocycles. The van der Waals surface area contributed by atoms with Gasteiger partial charge in [-0.1, -0.05) is 31.5 Å². The minimum Gasteiger partial charge on any atom is -0.343 e. The minimum atomic E-state index is -0.150. The fourth-order valence-electron chi connectivity index (χ4n) is 3.97.